The Hall–Kier alpha value is -1.52. The first-order chi connectivity index (χ1) is 7.79. The fourth-order valence-corrected chi connectivity index (χ4v) is 1.32. The highest BCUT2D eigenvalue weighted by molar-refractivity contribution is 5.75. The van der Waals surface area contributed by atoms with Crippen molar-refractivity contribution in [3.63, 3.8) is 0 Å². The molecule has 0 aromatic heterocycles. The van der Waals surface area contributed by atoms with Gasteiger partial charge in [0.25, 0.3) is 0 Å². The van der Waals surface area contributed by atoms with Crippen molar-refractivity contribution in [2.45, 2.75) is 39.2 Å². The quantitative estimate of drug-likeness (QED) is 0.551. The number of amides is 2. The van der Waals surface area contributed by atoms with Gasteiger partial charge in [-0.25, -0.2) is 4.79 Å². The van der Waals surface area contributed by atoms with E-state index in [9.17, 15) is 9.59 Å². The van der Waals surface area contributed by atoms with Crippen LogP contribution in [-0.4, -0.2) is 40.6 Å². The fourth-order valence-electron chi connectivity index (χ4n) is 1.32. The minimum Gasteiger partial charge on any atom is -0.481 e. The van der Waals surface area contributed by atoms with E-state index in [-0.39, 0.29) is 18.0 Å². The summed E-state index contributed by atoms with van der Waals surface area (Å²) >= 11 is 0. The summed E-state index contributed by atoms with van der Waals surface area (Å²) in [5, 5.41) is 11.2. The average Bonchev–Trinajstić information content (AvgIpc) is 2.18. The number of carbonyl (C=O) groups is 2. The SMILES string of the molecule is C=CCN(C(=O)NCCCC(=O)O)C(C)(C)C. The van der Waals surface area contributed by atoms with Crippen LogP contribution < -0.4 is 5.32 Å². The number of carbonyl (C=O) groups excluding carboxylic acids is 1. The third-order valence-electron chi connectivity index (χ3n) is 2.21. The van der Waals surface area contributed by atoms with Gasteiger partial charge in [0.1, 0.15) is 0 Å². The van der Waals surface area contributed by atoms with Crippen LogP contribution in [0.3, 0.4) is 0 Å². The number of carboxylic acid groups (broad SMARTS) is 1. The molecule has 0 fully saturated rings. The van der Waals surface area contributed by atoms with Crippen molar-refractivity contribution in [2.75, 3.05) is 13.1 Å². The van der Waals surface area contributed by atoms with Crippen LogP contribution in [0.2, 0.25) is 0 Å². The number of aliphatic carboxylic acids is 1. The summed E-state index contributed by atoms with van der Waals surface area (Å²) in [6.07, 6.45) is 2.17. The van der Waals surface area contributed by atoms with Crippen molar-refractivity contribution < 1.29 is 14.7 Å². The molecule has 0 aliphatic rings. The molecule has 0 atom stereocenters. The normalized spacial score (nSPS) is 10.8. The largest absolute Gasteiger partial charge is 0.481 e. The molecular weight excluding hydrogens is 220 g/mol. The number of rotatable bonds is 6. The van der Waals surface area contributed by atoms with E-state index in [0.717, 1.165) is 0 Å². The molecule has 0 aromatic rings. The highest BCUT2D eigenvalue weighted by atomic mass is 16.4. The van der Waals surface area contributed by atoms with Gasteiger partial charge in [-0.2, -0.15) is 0 Å². The highest BCUT2D eigenvalue weighted by Gasteiger charge is 2.24. The highest BCUT2D eigenvalue weighted by Crippen LogP contribution is 2.12. The van der Waals surface area contributed by atoms with Crippen LogP contribution >= 0.6 is 0 Å². The zero-order chi connectivity index (χ0) is 13.5. The number of urea groups is 1. The van der Waals surface area contributed by atoms with Crippen molar-refractivity contribution in [1.29, 1.82) is 0 Å². The Morgan fingerprint density at radius 3 is 2.41 bits per heavy atom. The summed E-state index contributed by atoms with van der Waals surface area (Å²) in [6.45, 7) is 10.3. The van der Waals surface area contributed by atoms with E-state index in [4.69, 9.17) is 5.11 Å². The van der Waals surface area contributed by atoms with E-state index in [1.54, 1.807) is 11.0 Å². The molecule has 5 nitrogen and oxygen atoms in total. The number of nitrogens with zero attached hydrogens (tertiary/aromatic N) is 1. The maximum atomic E-state index is 11.8. The van der Waals surface area contributed by atoms with Crippen LogP contribution in [0.25, 0.3) is 0 Å². The maximum absolute atomic E-state index is 11.8. The lowest BCUT2D eigenvalue weighted by atomic mass is 10.1. The molecule has 2 N–H and O–H groups in total. The minimum atomic E-state index is -0.849. The molecule has 98 valence electrons. The molecule has 0 saturated carbocycles. The molecule has 0 rings (SSSR count). The lowest BCUT2D eigenvalue weighted by Crippen LogP contribution is -2.50. The number of hydrogen-bond donors (Lipinski definition) is 2. The molecule has 0 radical (unpaired) electrons. The molecule has 0 spiro atoms. The molecule has 0 unspecified atom stereocenters. The second-order valence-electron chi connectivity index (χ2n) is 4.80. The Labute approximate surface area is 102 Å². The lowest BCUT2D eigenvalue weighted by Gasteiger charge is -2.34. The number of hydrogen-bond acceptors (Lipinski definition) is 2. The molecule has 5 heteroatoms. The van der Waals surface area contributed by atoms with Crippen LogP contribution in [0.1, 0.15) is 33.6 Å². The second kappa shape index (κ2) is 6.93. The summed E-state index contributed by atoms with van der Waals surface area (Å²) in [6, 6.07) is -0.192. The van der Waals surface area contributed by atoms with Crippen LogP contribution in [0.4, 0.5) is 4.79 Å². The number of carboxylic acids is 1. The Morgan fingerprint density at radius 2 is 2.00 bits per heavy atom. The van der Waals surface area contributed by atoms with Crippen molar-refractivity contribution in [2.24, 2.45) is 0 Å². The van der Waals surface area contributed by atoms with Gasteiger partial charge in [-0.1, -0.05) is 6.08 Å². The first-order valence-electron chi connectivity index (χ1n) is 5.67. The van der Waals surface area contributed by atoms with E-state index < -0.39 is 5.97 Å². The molecule has 0 aliphatic carbocycles. The monoisotopic (exact) mass is 242 g/mol. The molecule has 0 heterocycles. The van der Waals surface area contributed by atoms with Gasteiger partial charge < -0.3 is 15.3 Å². The van der Waals surface area contributed by atoms with Crippen molar-refractivity contribution in [1.82, 2.24) is 10.2 Å². The van der Waals surface area contributed by atoms with Gasteiger partial charge in [0.05, 0.1) is 0 Å². The molecule has 0 saturated heterocycles. The van der Waals surface area contributed by atoms with Crippen molar-refractivity contribution >= 4 is 12.0 Å². The standard InChI is InChI=1S/C12H22N2O3/c1-5-9-14(12(2,3)4)11(17)13-8-6-7-10(15)16/h5H,1,6-9H2,2-4H3,(H,13,17)(H,15,16). The number of nitrogens with one attached hydrogen (secondary N) is 1. The minimum absolute atomic E-state index is 0.0667. The summed E-state index contributed by atoms with van der Waals surface area (Å²) < 4.78 is 0. The molecule has 0 bridgehead atoms. The van der Waals surface area contributed by atoms with Gasteiger partial charge in [-0.15, -0.1) is 6.58 Å². The van der Waals surface area contributed by atoms with Crippen LogP contribution in [0, 0.1) is 0 Å². The van der Waals surface area contributed by atoms with E-state index in [2.05, 4.69) is 11.9 Å². The van der Waals surface area contributed by atoms with E-state index in [1.807, 2.05) is 20.8 Å². The van der Waals surface area contributed by atoms with Gasteiger partial charge in [0.15, 0.2) is 0 Å². The van der Waals surface area contributed by atoms with E-state index in [0.29, 0.717) is 19.5 Å². The molecule has 2 amide bonds. The van der Waals surface area contributed by atoms with Gasteiger partial charge in [-0.3, -0.25) is 4.79 Å². The molecule has 0 aliphatic heterocycles. The Balaban J connectivity index is 4.16. The maximum Gasteiger partial charge on any atom is 0.318 e. The van der Waals surface area contributed by atoms with Crippen LogP contribution in [0.5, 0.6) is 0 Å². The summed E-state index contributed by atoms with van der Waals surface area (Å²) in [7, 11) is 0. The van der Waals surface area contributed by atoms with E-state index in [1.165, 1.54) is 0 Å². The molecule has 17 heavy (non-hydrogen) atoms. The lowest BCUT2D eigenvalue weighted by molar-refractivity contribution is -0.137. The third kappa shape index (κ3) is 6.60. The molecular formula is C12H22N2O3. The van der Waals surface area contributed by atoms with Crippen LogP contribution in [0.15, 0.2) is 12.7 Å². The zero-order valence-electron chi connectivity index (χ0n) is 10.8. The van der Waals surface area contributed by atoms with Gasteiger partial charge in [-0.05, 0) is 27.2 Å². The predicted octanol–water partition coefficient (Wildman–Crippen LogP) is 1.85. The van der Waals surface area contributed by atoms with Gasteiger partial charge in [0, 0.05) is 25.0 Å². The first kappa shape index (κ1) is 15.5. The van der Waals surface area contributed by atoms with Gasteiger partial charge >= 0.3 is 12.0 Å². The van der Waals surface area contributed by atoms with Crippen molar-refractivity contribution in [3.05, 3.63) is 12.7 Å². The smallest absolute Gasteiger partial charge is 0.318 e. The van der Waals surface area contributed by atoms with Gasteiger partial charge in [0.2, 0.25) is 0 Å². The first-order valence-corrected chi connectivity index (χ1v) is 5.67. The third-order valence-corrected chi connectivity index (χ3v) is 2.21. The Bertz CT molecular complexity index is 282. The fraction of sp³-hybridized carbons (Fsp3) is 0.667. The Kier molecular flexibility index (Phi) is 6.31. The van der Waals surface area contributed by atoms with Crippen LogP contribution in [-0.2, 0) is 4.79 Å². The zero-order valence-corrected chi connectivity index (χ0v) is 10.8. The summed E-state index contributed by atoms with van der Waals surface area (Å²) in [4.78, 5) is 23.8. The predicted molar refractivity (Wildman–Crippen MR) is 66.9 cm³/mol. The second-order valence-corrected chi connectivity index (χ2v) is 4.80. The summed E-state index contributed by atoms with van der Waals surface area (Å²) in [5.41, 5.74) is -0.287. The summed E-state index contributed by atoms with van der Waals surface area (Å²) in [5.74, 6) is -0.849. The average molecular weight is 242 g/mol. The topological polar surface area (TPSA) is 69.6 Å². The Morgan fingerprint density at radius 1 is 1.41 bits per heavy atom. The van der Waals surface area contributed by atoms with E-state index >= 15 is 0 Å². The molecule has 0 aromatic carbocycles. The van der Waals surface area contributed by atoms with Crippen molar-refractivity contribution in [3.8, 4) is 0 Å².